The molecule has 0 rings (SSSR count). The molecule has 0 radical (unpaired) electrons. The van der Waals surface area contributed by atoms with E-state index in [9.17, 15) is 14.4 Å². The highest BCUT2D eigenvalue weighted by Crippen LogP contribution is 1.78. The fraction of sp³-hybridized carbons (Fsp3) is 0.167. The normalized spacial score (nSPS) is 9.42. The number of carbonyl (C=O) groups excluding carboxylic acids is 2. The summed E-state index contributed by atoms with van der Waals surface area (Å²) >= 11 is 0. The molecule has 0 aliphatic heterocycles. The van der Waals surface area contributed by atoms with Gasteiger partial charge in [0.1, 0.15) is 0 Å². The number of carboxylic acids is 1. The van der Waals surface area contributed by atoms with Gasteiger partial charge >= 0.3 is 11.9 Å². The maximum Gasteiger partial charge on any atom is 0.356 e. The van der Waals surface area contributed by atoms with E-state index in [0.717, 1.165) is 6.92 Å². The fourth-order valence-corrected chi connectivity index (χ4v) is 0.296. The molecule has 0 aliphatic carbocycles. The molecular weight excluding hydrogens is 166 g/mol. The van der Waals surface area contributed by atoms with Crippen LogP contribution in [0.5, 0.6) is 0 Å². The van der Waals surface area contributed by atoms with Gasteiger partial charge < -0.3 is 9.94 Å². The lowest BCUT2D eigenvalue weighted by molar-refractivity contribution is -0.152. The van der Waals surface area contributed by atoms with Crippen LogP contribution in [0, 0.1) is 0 Å². The summed E-state index contributed by atoms with van der Waals surface area (Å²) in [4.78, 5) is 34.5. The fourth-order valence-electron chi connectivity index (χ4n) is 0.296. The van der Waals surface area contributed by atoms with Gasteiger partial charge in [0.05, 0.1) is 0 Å². The van der Waals surface area contributed by atoms with Crippen molar-refractivity contribution >= 4 is 17.8 Å². The Morgan fingerprint density at radius 3 is 2.33 bits per heavy atom. The second-order valence-electron chi connectivity index (χ2n) is 1.75. The van der Waals surface area contributed by atoms with Crippen LogP contribution in [0.3, 0.4) is 0 Å². The monoisotopic (exact) mass is 173 g/mol. The zero-order valence-electron chi connectivity index (χ0n) is 6.23. The zero-order chi connectivity index (χ0) is 9.56. The third kappa shape index (κ3) is 6.27. The Bertz CT molecular complexity index is 232. The smallest absolute Gasteiger partial charge is 0.356 e. The molecule has 0 fully saturated rings. The van der Waals surface area contributed by atoms with Crippen LogP contribution in [-0.4, -0.2) is 23.0 Å². The largest absolute Gasteiger partial charge is 0.478 e. The lowest BCUT2D eigenvalue weighted by Crippen LogP contribution is -2.23. The first-order valence-corrected chi connectivity index (χ1v) is 2.90. The van der Waals surface area contributed by atoms with Crippen LogP contribution in [0.15, 0.2) is 12.2 Å². The number of amides is 1. The van der Waals surface area contributed by atoms with Gasteiger partial charge in [0.2, 0.25) is 5.91 Å². The highest BCUT2D eigenvalue weighted by molar-refractivity contribution is 5.91. The molecule has 0 aromatic rings. The molecule has 1 amide bonds. The van der Waals surface area contributed by atoms with Crippen molar-refractivity contribution in [1.29, 1.82) is 0 Å². The minimum atomic E-state index is -1.27. The molecule has 0 aromatic heterocycles. The maximum atomic E-state index is 10.5. The standard InChI is InChI=1S/C6H7NO5/c1-4(8)7-12-6(11)3-2-5(9)10/h2-3H,1H3,(H,7,8)(H,9,10)/b3-2+. The van der Waals surface area contributed by atoms with Gasteiger partial charge in [-0.3, -0.25) is 4.79 Å². The van der Waals surface area contributed by atoms with Gasteiger partial charge in [-0.1, -0.05) is 0 Å². The average molecular weight is 173 g/mol. The molecule has 2 N–H and O–H groups in total. The van der Waals surface area contributed by atoms with Crippen molar-refractivity contribution in [2.24, 2.45) is 0 Å². The highest BCUT2D eigenvalue weighted by Gasteiger charge is 1.98. The van der Waals surface area contributed by atoms with Crippen LogP contribution >= 0.6 is 0 Å². The van der Waals surface area contributed by atoms with Crippen LogP contribution in [0.25, 0.3) is 0 Å². The van der Waals surface area contributed by atoms with Gasteiger partial charge in [0.15, 0.2) is 0 Å². The number of aliphatic carboxylic acids is 1. The van der Waals surface area contributed by atoms with E-state index < -0.39 is 17.8 Å². The van der Waals surface area contributed by atoms with Crippen LogP contribution in [0.1, 0.15) is 6.92 Å². The Morgan fingerprint density at radius 1 is 1.33 bits per heavy atom. The third-order valence-electron chi connectivity index (χ3n) is 0.657. The summed E-state index contributed by atoms with van der Waals surface area (Å²) in [5.74, 6) is -2.77. The number of nitrogens with one attached hydrogen (secondary N) is 1. The molecule has 0 aromatic carbocycles. The summed E-state index contributed by atoms with van der Waals surface area (Å²) in [6, 6.07) is 0. The topological polar surface area (TPSA) is 92.7 Å². The molecule has 66 valence electrons. The van der Waals surface area contributed by atoms with Crippen LogP contribution < -0.4 is 5.48 Å². The summed E-state index contributed by atoms with van der Waals surface area (Å²) in [6.45, 7) is 1.15. The first-order chi connectivity index (χ1) is 5.52. The molecule has 0 heterocycles. The van der Waals surface area contributed by atoms with E-state index in [4.69, 9.17) is 5.11 Å². The van der Waals surface area contributed by atoms with Crippen molar-refractivity contribution in [2.75, 3.05) is 0 Å². The molecule has 0 saturated heterocycles. The van der Waals surface area contributed by atoms with Crippen molar-refractivity contribution in [3.63, 3.8) is 0 Å². The molecular formula is C6H7NO5. The Labute approximate surface area is 67.8 Å². The average Bonchev–Trinajstić information content (AvgIpc) is 1.96. The van der Waals surface area contributed by atoms with E-state index in [1.807, 2.05) is 0 Å². The van der Waals surface area contributed by atoms with E-state index in [2.05, 4.69) is 4.84 Å². The van der Waals surface area contributed by atoms with Crippen LogP contribution in [0.2, 0.25) is 0 Å². The molecule has 0 unspecified atom stereocenters. The molecule has 0 saturated carbocycles. The Hall–Kier alpha value is -1.85. The Morgan fingerprint density at radius 2 is 1.92 bits per heavy atom. The lowest BCUT2D eigenvalue weighted by Gasteiger charge is -1.97. The third-order valence-corrected chi connectivity index (χ3v) is 0.657. The molecule has 0 spiro atoms. The van der Waals surface area contributed by atoms with Gasteiger partial charge in [-0.2, -0.15) is 5.48 Å². The predicted octanol–water partition coefficient (Wildman–Crippen LogP) is -0.778. The van der Waals surface area contributed by atoms with Crippen LogP contribution in [0.4, 0.5) is 0 Å². The van der Waals surface area contributed by atoms with Gasteiger partial charge in [-0.25, -0.2) is 9.59 Å². The van der Waals surface area contributed by atoms with E-state index >= 15 is 0 Å². The van der Waals surface area contributed by atoms with Crippen molar-refractivity contribution < 1.29 is 24.3 Å². The summed E-state index contributed by atoms with van der Waals surface area (Å²) in [6.07, 6.45) is 1.28. The summed E-state index contributed by atoms with van der Waals surface area (Å²) in [5, 5.41) is 8.06. The second kappa shape index (κ2) is 4.89. The first kappa shape index (κ1) is 10.2. The van der Waals surface area contributed by atoms with Gasteiger partial charge in [0, 0.05) is 19.1 Å². The van der Waals surface area contributed by atoms with Crippen molar-refractivity contribution in [1.82, 2.24) is 5.48 Å². The molecule has 6 nitrogen and oxygen atoms in total. The van der Waals surface area contributed by atoms with Gasteiger partial charge in [-0.15, -0.1) is 0 Å². The number of carbonyl (C=O) groups is 3. The number of hydrogen-bond donors (Lipinski definition) is 2. The Balaban J connectivity index is 3.75. The minimum Gasteiger partial charge on any atom is -0.478 e. The van der Waals surface area contributed by atoms with E-state index in [-0.39, 0.29) is 0 Å². The number of carboxylic acid groups (broad SMARTS) is 1. The summed E-state index contributed by atoms with van der Waals surface area (Å²) < 4.78 is 0. The van der Waals surface area contributed by atoms with Gasteiger partial charge in [-0.05, 0) is 0 Å². The van der Waals surface area contributed by atoms with Crippen molar-refractivity contribution in [2.45, 2.75) is 6.92 Å². The number of hydrogen-bond acceptors (Lipinski definition) is 4. The quantitative estimate of drug-likeness (QED) is 0.422. The molecule has 6 heteroatoms. The van der Waals surface area contributed by atoms with Crippen LogP contribution in [-0.2, 0) is 19.2 Å². The van der Waals surface area contributed by atoms with Crippen molar-refractivity contribution in [3.05, 3.63) is 12.2 Å². The van der Waals surface area contributed by atoms with Crippen molar-refractivity contribution in [3.8, 4) is 0 Å². The predicted molar refractivity (Wildman–Crippen MR) is 36.7 cm³/mol. The molecule has 0 aliphatic rings. The molecule has 12 heavy (non-hydrogen) atoms. The van der Waals surface area contributed by atoms with E-state index in [0.29, 0.717) is 12.2 Å². The minimum absolute atomic E-state index is 0.549. The number of hydroxylamine groups is 1. The summed E-state index contributed by atoms with van der Waals surface area (Å²) in [5.41, 5.74) is 1.74. The van der Waals surface area contributed by atoms with E-state index in [1.165, 1.54) is 0 Å². The SMILES string of the molecule is CC(=O)NOC(=O)/C=C/C(=O)O. The van der Waals surface area contributed by atoms with E-state index in [1.54, 1.807) is 5.48 Å². The second-order valence-corrected chi connectivity index (χ2v) is 1.75. The Kier molecular flexibility index (Phi) is 4.13. The maximum absolute atomic E-state index is 10.5. The summed E-state index contributed by atoms with van der Waals surface area (Å²) in [7, 11) is 0. The highest BCUT2D eigenvalue weighted by atomic mass is 16.7. The first-order valence-electron chi connectivity index (χ1n) is 2.90. The number of rotatable bonds is 2. The molecule has 0 bridgehead atoms. The zero-order valence-corrected chi connectivity index (χ0v) is 6.23. The lowest BCUT2D eigenvalue weighted by atomic mass is 10.5. The molecule has 0 atom stereocenters. The van der Waals surface area contributed by atoms with Gasteiger partial charge in [0.25, 0.3) is 0 Å².